The molecule has 2 aromatic rings. The number of piperidine rings is 1. The molecule has 0 spiro atoms. The summed E-state index contributed by atoms with van der Waals surface area (Å²) in [5, 5.41) is 10.8. The van der Waals surface area contributed by atoms with E-state index in [1.165, 1.54) is 44.3 Å². The molecule has 0 unspecified atom stereocenters. The van der Waals surface area contributed by atoms with E-state index < -0.39 is 5.56 Å². The molecule has 0 saturated carbocycles. The lowest BCUT2D eigenvalue weighted by Crippen LogP contribution is -2.31. The third kappa shape index (κ3) is 4.86. The largest absolute Gasteiger partial charge is 0.497 e. The number of aromatic hydroxyl groups is 1. The zero-order chi connectivity index (χ0) is 20.8. The highest BCUT2D eigenvalue weighted by Gasteiger charge is 2.16. The second-order valence-electron chi connectivity index (χ2n) is 6.81. The van der Waals surface area contributed by atoms with Gasteiger partial charge >= 0.3 is 0 Å². The van der Waals surface area contributed by atoms with E-state index in [9.17, 15) is 9.90 Å². The maximum Gasteiger partial charge on any atom is 0.264 e. The van der Waals surface area contributed by atoms with Crippen molar-refractivity contribution in [1.82, 2.24) is 14.5 Å². The van der Waals surface area contributed by atoms with Gasteiger partial charge in [-0.15, -0.1) is 0 Å². The number of benzene rings is 1. The number of hydrogen-bond donors (Lipinski definition) is 2. The summed E-state index contributed by atoms with van der Waals surface area (Å²) in [4.78, 5) is 21.7. The van der Waals surface area contributed by atoms with Crippen LogP contribution in [-0.2, 0) is 0 Å². The first-order valence-electron chi connectivity index (χ1n) is 9.58. The van der Waals surface area contributed by atoms with Crippen molar-refractivity contribution in [1.29, 1.82) is 0 Å². The van der Waals surface area contributed by atoms with E-state index in [4.69, 9.17) is 21.7 Å². The average molecular weight is 419 g/mol. The van der Waals surface area contributed by atoms with E-state index >= 15 is 0 Å². The summed E-state index contributed by atoms with van der Waals surface area (Å²) in [7, 11) is 3.05. The van der Waals surface area contributed by atoms with E-state index in [-0.39, 0.29) is 16.2 Å². The molecule has 1 aromatic carbocycles. The first-order valence-corrected chi connectivity index (χ1v) is 9.99. The number of ether oxygens (including phenoxy) is 2. The van der Waals surface area contributed by atoms with Gasteiger partial charge in [0.15, 0.2) is 4.77 Å². The van der Waals surface area contributed by atoms with Crippen molar-refractivity contribution in [3.05, 3.63) is 38.9 Å². The number of H-pyrrole nitrogens is 1. The van der Waals surface area contributed by atoms with Crippen LogP contribution >= 0.6 is 12.2 Å². The molecule has 2 N–H and O–H groups in total. The summed E-state index contributed by atoms with van der Waals surface area (Å²) in [5.41, 5.74) is 0.00280. The van der Waals surface area contributed by atoms with Crippen LogP contribution in [-0.4, -0.2) is 66.2 Å². The fraction of sp³-hybridized carbons (Fsp3) is 0.450. The van der Waals surface area contributed by atoms with Gasteiger partial charge in [0, 0.05) is 18.8 Å². The molecule has 156 valence electrons. The molecule has 2 heterocycles. The van der Waals surface area contributed by atoms with E-state index in [0.29, 0.717) is 23.7 Å². The second kappa shape index (κ2) is 9.71. The highest BCUT2D eigenvalue weighted by Crippen LogP contribution is 2.30. The first kappa shape index (κ1) is 21.1. The van der Waals surface area contributed by atoms with Crippen LogP contribution in [0, 0.1) is 4.77 Å². The molecule has 1 aliphatic heterocycles. The Balaban J connectivity index is 1.92. The van der Waals surface area contributed by atoms with Gasteiger partial charge in [0.1, 0.15) is 17.1 Å². The number of aromatic nitrogens is 2. The SMILES string of the molecule is COc1ccc(OC)c(-n2c(O)c(C=NCCN3CCCCC3)c(=O)[nH]c2=S)c1. The molecule has 0 radical (unpaired) electrons. The van der Waals surface area contributed by atoms with E-state index in [1.807, 2.05) is 0 Å². The standard InChI is InChI=1S/C20H26N4O4S/c1-27-14-6-7-17(28-2)16(12-14)24-19(26)15(18(25)22-20(24)29)13-21-8-11-23-9-4-3-5-10-23/h6-7,12-13,26H,3-5,8-11H2,1-2H3,(H,22,25,29). The smallest absolute Gasteiger partial charge is 0.264 e. The van der Waals surface area contributed by atoms with Crippen LogP contribution in [0.3, 0.4) is 0 Å². The molecule has 8 nitrogen and oxygen atoms in total. The van der Waals surface area contributed by atoms with Gasteiger partial charge in [-0.2, -0.15) is 0 Å². The van der Waals surface area contributed by atoms with Gasteiger partial charge in [0.25, 0.3) is 5.56 Å². The van der Waals surface area contributed by atoms with Crippen molar-refractivity contribution in [3.63, 3.8) is 0 Å². The zero-order valence-electron chi connectivity index (χ0n) is 16.7. The van der Waals surface area contributed by atoms with Crippen LogP contribution in [0.5, 0.6) is 17.4 Å². The fourth-order valence-electron chi connectivity index (χ4n) is 3.39. The van der Waals surface area contributed by atoms with E-state index in [1.54, 1.807) is 18.2 Å². The maximum absolute atomic E-state index is 12.4. The minimum Gasteiger partial charge on any atom is -0.497 e. The van der Waals surface area contributed by atoms with Gasteiger partial charge in [-0.05, 0) is 50.3 Å². The van der Waals surface area contributed by atoms with Crippen molar-refractivity contribution >= 4 is 18.4 Å². The molecule has 1 fully saturated rings. The minimum atomic E-state index is -0.493. The second-order valence-corrected chi connectivity index (χ2v) is 7.19. The third-order valence-corrected chi connectivity index (χ3v) is 5.25. The predicted molar refractivity (Wildman–Crippen MR) is 115 cm³/mol. The summed E-state index contributed by atoms with van der Waals surface area (Å²) in [5.74, 6) is 0.731. The third-order valence-electron chi connectivity index (χ3n) is 4.96. The van der Waals surface area contributed by atoms with Gasteiger partial charge < -0.3 is 19.5 Å². The fourth-order valence-corrected chi connectivity index (χ4v) is 3.67. The lowest BCUT2D eigenvalue weighted by molar-refractivity contribution is 0.235. The van der Waals surface area contributed by atoms with Crippen LogP contribution in [0.2, 0.25) is 0 Å². The van der Waals surface area contributed by atoms with Crippen LogP contribution in [0.1, 0.15) is 24.8 Å². The Morgan fingerprint density at radius 2 is 2.00 bits per heavy atom. The van der Waals surface area contributed by atoms with Crippen molar-refractivity contribution in [3.8, 4) is 23.1 Å². The van der Waals surface area contributed by atoms with E-state index in [0.717, 1.165) is 19.6 Å². The van der Waals surface area contributed by atoms with Crippen LogP contribution in [0.15, 0.2) is 28.0 Å². The minimum absolute atomic E-state index is 0.0436. The number of nitrogens with one attached hydrogen (secondary N) is 1. The molecule has 0 bridgehead atoms. The number of rotatable bonds is 7. The van der Waals surface area contributed by atoms with Crippen LogP contribution < -0.4 is 15.0 Å². The Kier molecular flexibility index (Phi) is 7.05. The summed E-state index contributed by atoms with van der Waals surface area (Å²) in [6, 6.07) is 5.11. The topological polar surface area (TPSA) is 92.1 Å². The highest BCUT2D eigenvalue weighted by atomic mass is 32.1. The summed E-state index contributed by atoms with van der Waals surface area (Å²) >= 11 is 5.28. The van der Waals surface area contributed by atoms with Crippen molar-refractivity contribution < 1.29 is 14.6 Å². The molecular weight excluding hydrogens is 392 g/mol. The van der Waals surface area contributed by atoms with Crippen LogP contribution in [0.25, 0.3) is 5.69 Å². The molecule has 9 heteroatoms. The summed E-state index contributed by atoms with van der Waals surface area (Å²) in [6.07, 6.45) is 5.11. The average Bonchev–Trinajstić information content (AvgIpc) is 2.73. The lowest BCUT2D eigenvalue weighted by atomic mass is 10.1. The number of aliphatic imine (C=N–C) groups is 1. The zero-order valence-corrected chi connectivity index (χ0v) is 17.5. The van der Waals surface area contributed by atoms with Crippen molar-refractivity contribution in [2.45, 2.75) is 19.3 Å². The molecule has 1 aromatic heterocycles. The normalized spacial score (nSPS) is 15.0. The number of likely N-dealkylation sites (tertiary alicyclic amines) is 1. The quantitative estimate of drug-likeness (QED) is 0.530. The highest BCUT2D eigenvalue weighted by molar-refractivity contribution is 7.71. The summed E-state index contributed by atoms with van der Waals surface area (Å²) < 4.78 is 12.0. The van der Waals surface area contributed by atoms with E-state index in [2.05, 4.69) is 14.9 Å². The van der Waals surface area contributed by atoms with Crippen LogP contribution in [0.4, 0.5) is 0 Å². The molecule has 0 atom stereocenters. The van der Waals surface area contributed by atoms with Crippen molar-refractivity contribution in [2.24, 2.45) is 4.99 Å². The van der Waals surface area contributed by atoms with Gasteiger partial charge in [-0.25, -0.2) is 0 Å². The molecule has 29 heavy (non-hydrogen) atoms. The lowest BCUT2D eigenvalue weighted by Gasteiger charge is -2.25. The molecule has 0 amide bonds. The number of hydrogen-bond acceptors (Lipinski definition) is 7. The maximum atomic E-state index is 12.4. The van der Waals surface area contributed by atoms with Gasteiger partial charge in [0.2, 0.25) is 5.88 Å². The number of aromatic amines is 1. The Labute approximate surface area is 174 Å². The molecular formula is C20H26N4O4S. The number of methoxy groups -OCH3 is 2. The van der Waals surface area contributed by atoms with Gasteiger partial charge in [0.05, 0.1) is 26.5 Å². The Bertz CT molecular complexity index is 993. The predicted octanol–water partition coefficient (Wildman–Crippen LogP) is 2.52. The van der Waals surface area contributed by atoms with Gasteiger partial charge in [-0.1, -0.05) is 6.42 Å². The molecule has 1 saturated heterocycles. The monoisotopic (exact) mass is 418 g/mol. The number of nitrogens with zero attached hydrogens (tertiary/aromatic N) is 3. The summed E-state index contributed by atoms with van der Waals surface area (Å²) in [6.45, 7) is 3.55. The molecule has 1 aliphatic rings. The molecule has 3 rings (SSSR count). The Morgan fingerprint density at radius 3 is 2.69 bits per heavy atom. The first-order chi connectivity index (χ1) is 14.0. The molecule has 0 aliphatic carbocycles. The van der Waals surface area contributed by atoms with Gasteiger partial charge in [-0.3, -0.25) is 19.3 Å². The Morgan fingerprint density at radius 1 is 1.24 bits per heavy atom. The Hall–Kier alpha value is -2.65. The van der Waals surface area contributed by atoms with Crippen molar-refractivity contribution in [2.75, 3.05) is 40.4 Å².